The van der Waals surface area contributed by atoms with Gasteiger partial charge in [-0.2, -0.15) is 5.26 Å². The average molecular weight is 343 g/mol. The highest BCUT2D eigenvalue weighted by atomic mass is 32.2. The molecule has 3 aromatic heterocycles. The van der Waals surface area contributed by atoms with Crippen molar-refractivity contribution in [2.45, 2.75) is 29.9 Å². The van der Waals surface area contributed by atoms with Crippen molar-refractivity contribution < 1.29 is 0 Å². The number of nitrogens with zero attached hydrogens (tertiary/aromatic N) is 4. The minimum Gasteiger partial charge on any atom is -0.360 e. The van der Waals surface area contributed by atoms with E-state index in [-0.39, 0.29) is 0 Å². The lowest BCUT2D eigenvalue weighted by molar-refractivity contribution is 0.830. The number of nitrogens with one attached hydrogen (secondary N) is 1. The Kier molecular flexibility index (Phi) is 5.16. The third-order valence-corrected chi connectivity index (χ3v) is 5.50. The van der Waals surface area contributed by atoms with Gasteiger partial charge in [0.05, 0.1) is 11.1 Å². The van der Waals surface area contributed by atoms with E-state index in [9.17, 15) is 5.26 Å². The van der Waals surface area contributed by atoms with Gasteiger partial charge in [0.1, 0.15) is 6.07 Å². The summed E-state index contributed by atoms with van der Waals surface area (Å²) in [5.74, 6) is 0.716. The van der Waals surface area contributed by atoms with E-state index >= 15 is 0 Å². The molecule has 0 radical (unpaired) electrons. The third kappa shape index (κ3) is 3.66. The molecule has 0 saturated carbocycles. The second kappa shape index (κ2) is 7.49. The van der Waals surface area contributed by atoms with Crippen LogP contribution < -0.4 is 5.32 Å². The normalized spacial score (nSPS) is 10.8. The molecule has 0 aliphatic carbocycles. The molecule has 0 aliphatic heterocycles. The van der Waals surface area contributed by atoms with Gasteiger partial charge in [-0.05, 0) is 24.1 Å². The molecule has 0 spiro atoms. The maximum atomic E-state index is 9.42. The van der Waals surface area contributed by atoms with Crippen LogP contribution in [0.1, 0.15) is 30.9 Å². The largest absolute Gasteiger partial charge is 0.360 e. The van der Waals surface area contributed by atoms with Crippen LogP contribution in [0.5, 0.6) is 0 Å². The van der Waals surface area contributed by atoms with E-state index in [0.717, 1.165) is 45.5 Å². The fourth-order valence-electron chi connectivity index (χ4n) is 2.27. The molecule has 1 N–H and O–H groups in total. The second-order valence-corrected chi connectivity index (χ2v) is 7.28. The molecule has 0 aliphatic rings. The Morgan fingerprint density at radius 1 is 1.39 bits per heavy atom. The standard InChI is InChI=1S/C16H17N5S2/c1-2-3-7-18-15-19-20-16(23-15)22-11-12-10-21-8-5-4-6-14(21)13(12)9-17/h4-6,8,10H,2-3,7,11H2,1H3,(H,18,19). The Balaban J connectivity index is 1.68. The molecule has 0 saturated heterocycles. The summed E-state index contributed by atoms with van der Waals surface area (Å²) in [5.41, 5.74) is 2.72. The molecule has 0 bridgehead atoms. The third-order valence-electron chi connectivity index (χ3n) is 3.44. The Bertz CT molecular complexity index is 830. The minimum absolute atomic E-state index is 0.716. The van der Waals surface area contributed by atoms with E-state index < -0.39 is 0 Å². The van der Waals surface area contributed by atoms with Crippen molar-refractivity contribution in [3.63, 3.8) is 0 Å². The fourth-order valence-corrected chi connectivity index (χ4v) is 4.02. The number of unbranched alkanes of at least 4 members (excludes halogenated alkanes) is 1. The van der Waals surface area contributed by atoms with E-state index in [1.165, 1.54) is 0 Å². The predicted octanol–water partition coefficient (Wildman–Crippen LogP) is 4.17. The Hall–Kier alpha value is -2.04. The van der Waals surface area contributed by atoms with Gasteiger partial charge in [0.25, 0.3) is 0 Å². The zero-order valence-corrected chi connectivity index (χ0v) is 14.5. The van der Waals surface area contributed by atoms with Gasteiger partial charge in [-0.1, -0.05) is 42.5 Å². The lowest BCUT2D eigenvalue weighted by atomic mass is 10.2. The molecule has 118 valence electrons. The van der Waals surface area contributed by atoms with Crippen molar-refractivity contribution in [1.82, 2.24) is 14.6 Å². The Morgan fingerprint density at radius 3 is 3.13 bits per heavy atom. The lowest BCUT2D eigenvalue weighted by Gasteiger charge is -1.98. The molecule has 7 heteroatoms. The van der Waals surface area contributed by atoms with Crippen LogP contribution in [0.2, 0.25) is 0 Å². The molecule has 0 amide bonds. The number of pyridine rings is 1. The van der Waals surface area contributed by atoms with E-state index in [4.69, 9.17) is 0 Å². The van der Waals surface area contributed by atoms with Gasteiger partial charge in [-0.15, -0.1) is 10.2 Å². The van der Waals surface area contributed by atoms with Crippen molar-refractivity contribution in [1.29, 1.82) is 5.26 Å². The maximum Gasteiger partial charge on any atom is 0.206 e. The van der Waals surface area contributed by atoms with E-state index in [1.807, 2.05) is 35.0 Å². The minimum atomic E-state index is 0.716. The summed E-state index contributed by atoms with van der Waals surface area (Å²) in [6, 6.07) is 8.19. The number of hydrogen-bond donors (Lipinski definition) is 1. The molecule has 0 aromatic carbocycles. The summed E-state index contributed by atoms with van der Waals surface area (Å²) >= 11 is 3.18. The van der Waals surface area contributed by atoms with Gasteiger partial charge in [0, 0.05) is 24.7 Å². The number of hydrogen-bond acceptors (Lipinski definition) is 6. The summed E-state index contributed by atoms with van der Waals surface area (Å²) in [6.07, 6.45) is 6.27. The first kappa shape index (κ1) is 15.8. The first-order valence-corrected chi connectivity index (χ1v) is 9.31. The highest BCUT2D eigenvalue weighted by Gasteiger charge is 2.12. The van der Waals surface area contributed by atoms with Crippen LogP contribution in [0.3, 0.4) is 0 Å². The van der Waals surface area contributed by atoms with Crippen LogP contribution in [-0.2, 0) is 5.75 Å². The quantitative estimate of drug-likeness (QED) is 0.515. The first-order chi connectivity index (χ1) is 11.3. The highest BCUT2D eigenvalue weighted by Crippen LogP contribution is 2.30. The van der Waals surface area contributed by atoms with Crippen LogP contribution in [-0.4, -0.2) is 21.1 Å². The number of anilines is 1. The summed E-state index contributed by atoms with van der Waals surface area (Å²) in [6.45, 7) is 3.09. The van der Waals surface area contributed by atoms with E-state index in [2.05, 4.69) is 28.5 Å². The summed E-state index contributed by atoms with van der Waals surface area (Å²) in [5, 5.41) is 21.9. The summed E-state index contributed by atoms with van der Waals surface area (Å²) in [7, 11) is 0. The Morgan fingerprint density at radius 2 is 2.30 bits per heavy atom. The van der Waals surface area contributed by atoms with Crippen molar-refractivity contribution in [2.75, 3.05) is 11.9 Å². The van der Waals surface area contributed by atoms with Crippen molar-refractivity contribution in [3.8, 4) is 6.07 Å². The summed E-state index contributed by atoms with van der Waals surface area (Å²) < 4.78 is 2.91. The molecule has 5 nitrogen and oxygen atoms in total. The number of rotatable bonds is 7. The van der Waals surface area contributed by atoms with Gasteiger partial charge in [0.15, 0.2) is 4.34 Å². The number of thioether (sulfide) groups is 1. The van der Waals surface area contributed by atoms with Crippen molar-refractivity contribution >= 4 is 33.7 Å². The number of aromatic nitrogens is 3. The summed E-state index contributed by atoms with van der Waals surface area (Å²) in [4.78, 5) is 0. The van der Waals surface area contributed by atoms with Crippen molar-refractivity contribution in [2.24, 2.45) is 0 Å². The monoisotopic (exact) mass is 343 g/mol. The van der Waals surface area contributed by atoms with Crippen molar-refractivity contribution in [3.05, 3.63) is 41.7 Å². The molecule has 0 atom stereocenters. The van der Waals surface area contributed by atoms with Gasteiger partial charge in [-0.3, -0.25) is 0 Å². The molecular weight excluding hydrogens is 326 g/mol. The SMILES string of the molecule is CCCCNc1nnc(SCc2cn3ccccc3c2C#N)s1. The smallest absolute Gasteiger partial charge is 0.206 e. The van der Waals surface area contributed by atoms with E-state index in [0.29, 0.717) is 5.75 Å². The maximum absolute atomic E-state index is 9.42. The molecule has 3 aromatic rings. The van der Waals surface area contributed by atoms with Gasteiger partial charge in [0.2, 0.25) is 5.13 Å². The van der Waals surface area contributed by atoms with Gasteiger partial charge >= 0.3 is 0 Å². The molecular formula is C16H17N5S2. The number of nitriles is 1. The zero-order chi connectivity index (χ0) is 16.1. The second-order valence-electron chi connectivity index (χ2n) is 5.08. The van der Waals surface area contributed by atoms with Crippen LogP contribution in [0.4, 0.5) is 5.13 Å². The predicted molar refractivity (Wildman–Crippen MR) is 95.0 cm³/mol. The molecule has 0 fully saturated rings. The lowest BCUT2D eigenvalue weighted by Crippen LogP contribution is -1.99. The van der Waals surface area contributed by atoms with Crippen LogP contribution >= 0.6 is 23.1 Å². The average Bonchev–Trinajstić information content (AvgIpc) is 3.16. The topological polar surface area (TPSA) is 66.0 Å². The first-order valence-electron chi connectivity index (χ1n) is 7.50. The fraction of sp³-hybridized carbons (Fsp3) is 0.312. The number of fused-ring (bicyclic) bond motifs is 1. The van der Waals surface area contributed by atoms with Gasteiger partial charge < -0.3 is 9.72 Å². The van der Waals surface area contributed by atoms with Gasteiger partial charge in [-0.25, -0.2) is 0 Å². The van der Waals surface area contributed by atoms with Crippen LogP contribution in [0.15, 0.2) is 34.9 Å². The highest BCUT2D eigenvalue weighted by molar-refractivity contribution is 8.00. The molecule has 3 rings (SSSR count). The van der Waals surface area contributed by atoms with Crippen LogP contribution in [0, 0.1) is 11.3 Å². The zero-order valence-electron chi connectivity index (χ0n) is 12.8. The Labute approximate surface area is 143 Å². The van der Waals surface area contributed by atoms with Crippen LogP contribution in [0.25, 0.3) is 5.52 Å². The molecule has 0 unspecified atom stereocenters. The molecule has 23 heavy (non-hydrogen) atoms. The van der Waals surface area contributed by atoms with E-state index in [1.54, 1.807) is 23.1 Å². The molecule has 3 heterocycles.